The number of hydrogen-bond acceptors (Lipinski definition) is 4. The molecule has 0 saturated carbocycles. The third kappa shape index (κ3) is 3.53. The highest BCUT2D eigenvalue weighted by atomic mass is 32.2. The SMILES string of the molecule is CCN(CCC#N)S(=O)(=O)c1cc(C(=O)O)cc(F)c1F. The molecule has 0 atom stereocenters. The van der Waals surface area contributed by atoms with Crippen LogP contribution in [0.1, 0.15) is 23.7 Å². The highest BCUT2D eigenvalue weighted by Gasteiger charge is 2.29. The number of nitriles is 1. The summed E-state index contributed by atoms with van der Waals surface area (Å²) < 4.78 is 52.3. The normalized spacial score (nSPS) is 11.4. The molecule has 0 aromatic heterocycles. The minimum Gasteiger partial charge on any atom is -0.478 e. The van der Waals surface area contributed by atoms with E-state index in [0.717, 1.165) is 4.31 Å². The van der Waals surface area contributed by atoms with Crippen molar-refractivity contribution in [2.45, 2.75) is 18.2 Å². The highest BCUT2D eigenvalue weighted by molar-refractivity contribution is 7.89. The molecule has 9 heteroatoms. The number of benzene rings is 1. The van der Waals surface area contributed by atoms with Gasteiger partial charge in [-0.05, 0) is 12.1 Å². The van der Waals surface area contributed by atoms with Crippen LogP contribution in [-0.4, -0.2) is 36.9 Å². The molecular weight excluding hydrogens is 306 g/mol. The predicted octanol–water partition coefficient (Wildman–Crippen LogP) is 1.59. The molecule has 0 unspecified atom stereocenters. The molecule has 0 amide bonds. The summed E-state index contributed by atoms with van der Waals surface area (Å²) in [6.45, 7) is 1.19. The summed E-state index contributed by atoms with van der Waals surface area (Å²) in [5, 5.41) is 17.3. The highest BCUT2D eigenvalue weighted by Crippen LogP contribution is 2.23. The van der Waals surface area contributed by atoms with Crippen molar-refractivity contribution in [3.63, 3.8) is 0 Å². The fourth-order valence-corrected chi connectivity index (χ4v) is 3.19. The fraction of sp³-hybridized carbons (Fsp3) is 0.333. The number of nitrogens with zero attached hydrogens (tertiary/aromatic N) is 2. The van der Waals surface area contributed by atoms with Crippen LogP contribution in [0.5, 0.6) is 0 Å². The fourth-order valence-electron chi connectivity index (χ4n) is 1.64. The third-order valence-corrected chi connectivity index (χ3v) is 4.66. The predicted molar refractivity (Wildman–Crippen MR) is 68.0 cm³/mol. The second kappa shape index (κ2) is 6.60. The Balaban J connectivity index is 3.43. The molecule has 1 rings (SSSR count). The van der Waals surface area contributed by atoms with Crippen molar-refractivity contribution < 1.29 is 27.1 Å². The lowest BCUT2D eigenvalue weighted by Gasteiger charge is -2.19. The molecule has 0 aliphatic carbocycles. The van der Waals surface area contributed by atoms with Gasteiger partial charge in [-0.15, -0.1) is 0 Å². The maximum absolute atomic E-state index is 13.7. The quantitative estimate of drug-likeness (QED) is 0.858. The van der Waals surface area contributed by atoms with Crippen LogP contribution in [0.3, 0.4) is 0 Å². The van der Waals surface area contributed by atoms with Gasteiger partial charge < -0.3 is 5.11 Å². The van der Waals surface area contributed by atoms with Gasteiger partial charge in [0.1, 0.15) is 4.90 Å². The number of carbonyl (C=O) groups is 1. The van der Waals surface area contributed by atoms with E-state index < -0.39 is 38.1 Å². The zero-order chi connectivity index (χ0) is 16.2. The van der Waals surface area contributed by atoms with Crippen molar-refractivity contribution >= 4 is 16.0 Å². The second-order valence-corrected chi connectivity index (χ2v) is 5.89. The Morgan fingerprint density at radius 3 is 2.52 bits per heavy atom. The monoisotopic (exact) mass is 318 g/mol. The van der Waals surface area contributed by atoms with Gasteiger partial charge >= 0.3 is 5.97 Å². The van der Waals surface area contributed by atoms with Crippen LogP contribution in [0.4, 0.5) is 8.78 Å². The van der Waals surface area contributed by atoms with Crippen LogP contribution in [0.25, 0.3) is 0 Å². The molecule has 1 aromatic carbocycles. The van der Waals surface area contributed by atoms with E-state index in [1.54, 1.807) is 6.07 Å². The Labute approximate surface area is 120 Å². The smallest absolute Gasteiger partial charge is 0.335 e. The first kappa shape index (κ1) is 17.0. The maximum Gasteiger partial charge on any atom is 0.335 e. The number of halogens is 2. The molecule has 21 heavy (non-hydrogen) atoms. The lowest BCUT2D eigenvalue weighted by atomic mass is 10.2. The molecule has 0 heterocycles. The first-order valence-corrected chi connectivity index (χ1v) is 7.29. The zero-order valence-corrected chi connectivity index (χ0v) is 11.8. The molecule has 0 aliphatic rings. The summed E-state index contributed by atoms with van der Waals surface area (Å²) in [6.07, 6.45) is -0.129. The third-order valence-electron chi connectivity index (χ3n) is 2.69. The summed E-state index contributed by atoms with van der Waals surface area (Å²) >= 11 is 0. The van der Waals surface area contributed by atoms with Crippen molar-refractivity contribution in [2.75, 3.05) is 13.1 Å². The van der Waals surface area contributed by atoms with Crippen molar-refractivity contribution in [3.8, 4) is 6.07 Å². The van der Waals surface area contributed by atoms with Crippen LogP contribution in [0, 0.1) is 23.0 Å². The molecule has 0 spiro atoms. The van der Waals surface area contributed by atoms with E-state index in [1.807, 2.05) is 0 Å². The Morgan fingerprint density at radius 1 is 1.43 bits per heavy atom. The molecule has 0 bridgehead atoms. The minimum atomic E-state index is -4.43. The van der Waals surface area contributed by atoms with Crippen LogP contribution >= 0.6 is 0 Å². The molecule has 1 N–H and O–H groups in total. The molecule has 0 saturated heterocycles. The van der Waals surface area contributed by atoms with E-state index >= 15 is 0 Å². The molecule has 1 aromatic rings. The Kier molecular flexibility index (Phi) is 5.34. The van der Waals surface area contributed by atoms with E-state index in [-0.39, 0.29) is 19.5 Å². The topological polar surface area (TPSA) is 98.5 Å². The number of hydrogen-bond donors (Lipinski definition) is 1. The number of carboxylic acids is 1. The summed E-state index contributed by atoms with van der Waals surface area (Å²) in [5.41, 5.74) is -0.677. The molecule has 0 aliphatic heterocycles. The first-order valence-electron chi connectivity index (χ1n) is 5.85. The van der Waals surface area contributed by atoms with Crippen molar-refractivity contribution in [1.82, 2.24) is 4.31 Å². The summed E-state index contributed by atoms with van der Waals surface area (Å²) in [5.74, 6) is -4.79. The van der Waals surface area contributed by atoms with Gasteiger partial charge in [-0.1, -0.05) is 6.92 Å². The Hall–Kier alpha value is -2.05. The largest absolute Gasteiger partial charge is 0.478 e. The summed E-state index contributed by atoms with van der Waals surface area (Å²) in [6, 6.07) is 2.71. The number of sulfonamides is 1. The van der Waals surface area contributed by atoms with Gasteiger partial charge in [0.2, 0.25) is 10.0 Å². The van der Waals surface area contributed by atoms with Crippen molar-refractivity contribution in [2.24, 2.45) is 0 Å². The van der Waals surface area contributed by atoms with Gasteiger partial charge in [-0.2, -0.15) is 9.57 Å². The van der Waals surface area contributed by atoms with Gasteiger partial charge in [0.05, 0.1) is 11.6 Å². The van der Waals surface area contributed by atoms with Gasteiger partial charge in [0.15, 0.2) is 11.6 Å². The lowest BCUT2D eigenvalue weighted by Crippen LogP contribution is -2.32. The molecule has 0 radical (unpaired) electrons. The van der Waals surface area contributed by atoms with Gasteiger partial charge in [0, 0.05) is 19.5 Å². The second-order valence-electron chi connectivity index (χ2n) is 3.98. The van der Waals surface area contributed by atoms with E-state index in [0.29, 0.717) is 12.1 Å². The zero-order valence-electron chi connectivity index (χ0n) is 11.0. The van der Waals surface area contributed by atoms with Crippen LogP contribution in [0.2, 0.25) is 0 Å². The first-order chi connectivity index (χ1) is 9.75. The molecule has 0 fully saturated rings. The number of rotatable bonds is 6. The van der Waals surface area contributed by atoms with E-state index in [1.165, 1.54) is 6.92 Å². The number of aromatic carboxylic acids is 1. The maximum atomic E-state index is 13.7. The standard InChI is InChI=1S/C12H12F2N2O4S/c1-2-16(5-3-4-15)21(19,20)10-7-8(12(17)18)6-9(13)11(10)14/h6-7H,2-3,5H2,1H3,(H,17,18). The van der Waals surface area contributed by atoms with Gasteiger partial charge in [-0.25, -0.2) is 22.0 Å². The van der Waals surface area contributed by atoms with E-state index in [4.69, 9.17) is 10.4 Å². The van der Waals surface area contributed by atoms with Crippen LogP contribution in [0.15, 0.2) is 17.0 Å². The summed E-state index contributed by atoms with van der Waals surface area (Å²) in [7, 11) is -4.43. The number of carboxylic acid groups (broad SMARTS) is 1. The van der Waals surface area contributed by atoms with Gasteiger partial charge in [-0.3, -0.25) is 0 Å². The summed E-state index contributed by atoms with van der Waals surface area (Å²) in [4.78, 5) is 9.76. The Bertz CT molecular complexity index is 698. The Morgan fingerprint density at radius 2 is 2.05 bits per heavy atom. The molecule has 6 nitrogen and oxygen atoms in total. The lowest BCUT2D eigenvalue weighted by molar-refractivity contribution is 0.0696. The average molecular weight is 318 g/mol. The van der Waals surface area contributed by atoms with E-state index in [2.05, 4.69) is 0 Å². The van der Waals surface area contributed by atoms with Crippen LogP contribution < -0.4 is 0 Å². The van der Waals surface area contributed by atoms with Gasteiger partial charge in [0.25, 0.3) is 0 Å². The minimum absolute atomic E-state index is 0.0671. The molecular formula is C12H12F2N2O4S. The van der Waals surface area contributed by atoms with Crippen molar-refractivity contribution in [1.29, 1.82) is 5.26 Å². The van der Waals surface area contributed by atoms with E-state index in [9.17, 15) is 22.0 Å². The average Bonchev–Trinajstić information content (AvgIpc) is 2.41. The van der Waals surface area contributed by atoms with Crippen molar-refractivity contribution in [3.05, 3.63) is 29.3 Å². The molecule has 114 valence electrons. The van der Waals surface area contributed by atoms with Crippen LogP contribution in [-0.2, 0) is 10.0 Å².